The van der Waals surface area contributed by atoms with Crippen molar-refractivity contribution < 1.29 is 14.3 Å². The van der Waals surface area contributed by atoms with Crippen molar-refractivity contribution in [2.45, 2.75) is 19.8 Å². The highest BCUT2D eigenvalue weighted by molar-refractivity contribution is 7.12. The fourth-order valence-corrected chi connectivity index (χ4v) is 2.26. The van der Waals surface area contributed by atoms with E-state index in [1.165, 1.54) is 11.3 Å². The molecule has 2 rings (SSSR count). The summed E-state index contributed by atoms with van der Waals surface area (Å²) in [6.07, 6.45) is 0.288. The summed E-state index contributed by atoms with van der Waals surface area (Å²) < 4.78 is 5.15. The normalized spacial score (nSPS) is 10.2. The number of thiophene rings is 1. The summed E-state index contributed by atoms with van der Waals surface area (Å²) in [5.74, 6) is 0.115. The van der Waals surface area contributed by atoms with Gasteiger partial charge < -0.3 is 4.74 Å². The molecular formula is C15H14O3S. The van der Waals surface area contributed by atoms with E-state index in [1.54, 1.807) is 18.2 Å². The van der Waals surface area contributed by atoms with Crippen LogP contribution in [0.3, 0.4) is 0 Å². The molecule has 2 aromatic rings. The molecule has 0 amide bonds. The highest BCUT2D eigenvalue weighted by Gasteiger charge is 2.11. The standard InChI is InChI=1S/C15H14O3S/c1-11-4-6-12(7-5-11)18-15(17)9-8-13(16)14-3-2-10-19-14/h2-7,10H,8-9H2,1H3. The van der Waals surface area contributed by atoms with Crippen molar-refractivity contribution in [3.63, 3.8) is 0 Å². The molecule has 0 atom stereocenters. The molecule has 0 radical (unpaired) electrons. The number of esters is 1. The quantitative estimate of drug-likeness (QED) is 0.475. The number of carbonyl (C=O) groups is 2. The summed E-state index contributed by atoms with van der Waals surface area (Å²) in [6.45, 7) is 1.96. The molecule has 0 saturated carbocycles. The molecule has 0 bridgehead atoms. The summed E-state index contributed by atoms with van der Waals surface area (Å²) in [5, 5.41) is 1.85. The van der Waals surface area contributed by atoms with Crippen LogP contribution < -0.4 is 4.74 Å². The van der Waals surface area contributed by atoms with Crippen molar-refractivity contribution in [1.29, 1.82) is 0 Å². The lowest BCUT2D eigenvalue weighted by atomic mass is 10.2. The van der Waals surface area contributed by atoms with Gasteiger partial charge in [0, 0.05) is 6.42 Å². The Labute approximate surface area is 115 Å². The second-order valence-electron chi connectivity index (χ2n) is 4.19. The van der Waals surface area contributed by atoms with Gasteiger partial charge in [-0.2, -0.15) is 0 Å². The number of ether oxygens (including phenoxy) is 1. The molecule has 0 aliphatic carbocycles. The molecule has 1 heterocycles. The van der Waals surface area contributed by atoms with Crippen molar-refractivity contribution in [2.24, 2.45) is 0 Å². The van der Waals surface area contributed by atoms with E-state index in [4.69, 9.17) is 4.74 Å². The summed E-state index contributed by atoms with van der Waals surface area (Å²) >= 11 is 1.39. The minimum Gasteiger partial charge on any atom is -0.427 e. The Balaban J connectivity index is 1.82. The molecular weight excluding hydrogens is 260 g/mol. The number of hydrogen-bond donors (Lipinski definition) is 0. The van der Waals surface area contributed by atoms with Crippen LogP contribution in [-0.2, 0) is 4.79 Å². The van der Waals surface area contributed by atoms with Gasteiger partial charge in [-0.15, -0.1) is 11.3 Å². The van der Waals surface area contributed by atoms with Gasteiger partial charge in [-0.05, 0) is 30.5 Å². The predicted molar refractivity (Wildman–Crippen MR) is 74.7 cm³/mol. The van der Waals surface area contributed by atoms with Crippen molar-refractivity contribution in [2.75, 3.05) is 0 Å². The van der Waals surface area contributed by atoms with Gasteiger partial charge >= 0.3 is 5.97 Å². The molecule has 0 saturated heterocycles. The van der Waals surface area contributed by atoms with Crippen LogP contribution in [0, 0.1) is 6.92 Å². The van der Waals surface area contributed by atoms with Crippen LogP contribution in [0.2, 0.25) is 0 Å². The number of hydrogen-bond acceptors (Lipinski definition) is 4. The van der Waals surface area contributed by atoms with Gasteiger partial charge in [-0.25, -0.2) is 0 Å². The van der Waals surface area contributed by atoms with Crippen LogP contribution in [0.1, 0.15) is 28.1 Å². The summed E-state index contributed by atoms with van der Waals surface area (Å²) in [6, 6.07) is 10.8. The lowest BCUT2D eigenvalue weighted by molar-refractivity contribution is -0.134. The van der Waals surface area contributed by atoms with Gasteiger partial charge in [-0.3, -0.25) is 9.59 Å². The zero-order valence-electron chi connectivity index (χ0n) is 10.6. The van der Waals surface area contributed by atoms with Gasteiger partial charge in [0.15, 0.2) is 5.78 Å². The molecule has 0 aliphatic rings. The number of aryl methyl sites for hydroxylation is 1. The predicted octanol–water partition coefficient (Wildman–Crippen LogP) is 3.63. The Hall–Kier alpha value is -1.94. The zero-order chi connectivity index (χ0) is 13.7. The lowest BCUT2D eigenvalue weighted by Gasteiger charge is -2.03. The number of benzene rings is 1. The van der Waals surface area contributed by atoms with Crippen molar-refractivity contribution in [3.05, 3.63) is 52.2 Å². The molecule has 1 aromatic heterocycles. The van der Waals surface area contributed by atoms with E-state index >= 15 is 0 Å². The maximum absolute atomic E-state index is 11.7. The minimum atomic E-state index is -0.381. The van der Waals surface area contributed by atoms with Gasteiger partial charge in [0.25, 0.3) is 0 Å². The first-order valence-electron chi connectivity index (χ1n) is 5.99. The monoisotopic (exact) mass is 274 g/mol. The summed E-state index contributed by atoms with van der Waals surface area (Å²) in [7, 11) is 0. The molecule has 0 spiro atoms. The second-order valence-corrected chi connectivity index (χ2v) is 5.14. The average Bonchev–Trinajstić information content (AvgIpc) is 2.93. The van der Waals surface area contributed by atoms with E-state index in [9.17, 15) is 9.59 Å². The molecule has 0 unspecified atom stereocenters. The van der Waals surface area contributed by atoms with Gasteiger partial charge in [0.05, 0.1) is 11.3 Å². The largest absolute Gasteiger partial charge is 0.427 e. The highest BCUT2D eigenvalue weighted by atomic mass is 32.1. The number of Topliss-reactive ketones (excluding diaryl/α,β-unsaturated/α-hetero) is 1. The smallest absolute Gasteiger partial charge is 0.311 e. The fraction of sp³-hybridized carbons (Fsp3) is 0.200. The maximum Gasteiger partial charge on any atom is 0.311 e. The third-order valence-corrected chi connectivity index (χ3v) is 3.52. The second kappa shape index (κ2) is 6.29. The molecule has 98 valence electrons. The van der Waals surface area contributed by atoms with Gasteiger partial charge in [0.2, 0.25) is 0 Å². The van der Waals surface area contributed by atoms with Crippen LogP contribution in [0.4, 0.5) is 0 Å². The van der Waals surface area contributed by atoms with E-state index in [-0.39, 0.29) is 24.6 Å². The minimum absolute atomic E-state index is 0.0177. The van der Waals surface area contributed by atoms with E-state index in [0.717, 1.165) is 5.56 Å². The summed E-state index contributed by atoms with van der Waals surface area (Å²) in [4.78, 5) is 24.0. The Kier molecular flexibility index (Phi) is 4.47. The van der Waals surface area contributed by atoms with Gasteiger partial charge in [0.1, 0.15) is 5.75 Å². The van der Waals surface area contributed by atoms with Crippen LogP contribution in [0.15, 0.2) is 41.8 Å². The first-order valence-corrected chi connectivity index (χ1v) is 6.87. The first-order chi connectivity index (χ1) is 9.15. The number of rotatable bonds is 5. The molecule has 0 aliphatic heterocycles. The van der Waals surface area contributed by atoms with E-state index in [2.05, 4.69) is 0 Å². The first kappa shape index (κ1) is 13.5. The van der Waals surface area contributed by atoms with Crippen molar-refractivity contribution >= 4 is 23.1 Å². The van der Waals surface area contributed by atoms with Gasteiger partial charge in [-0.1, -0.05) is 23.8 Å². The highest BCUT2D eigenvalue weighted by Crippen LogP contribution is 2.15. The van der Waals surface area contributed by atoms with E-state index in [0.29, 0.717) is 10.6 Å². The third-order valence-electron chi connectivity index (χ3n) is 2.60. The number of ketones is 1. The average molecular weight is 274 g/mol. The van der Waals surface area contributed by atoms with Crippen LogP contribution in [-0.4, -0.2) is 11.8 Å². The van der Waals surface area contributed by atoms with Crippen LogP contribution in [0.5, 0.6) is 5.75 Å². The number of carbonyl (C=O) groups excluding carboxylic acids is 2. The van der Waals surface area contributed by atoms with Crippen molar-refractivity contribution in [1.82, 2.24) is 0 Å². The molecule has 1 aromatic carbocycles. The van der Waals surface area contributed by atoms with Crippen LogP contribution >= 0.6 is 11.3 Å². The Morgan fingerprint density at radius 2 is 1.84 bits per heavy atom. The Morgan fingerprint density at radius 3 is 2.47 bits per heavy atom. The Morgan fingerprint density at radius 1 is 1.11 bits per heavy atom. The molecule has 3 nitrogen and oxygen atoms in total. The van der Waals surface area contributed by atoms with E-state index in [1.807, 2.05) is 30.5 Å². The zero-order valence-corrected chi connectivity index (χ0v) is 11.4. The third kappa shape index (κ3) is 4.03. The summed E-state index contributed by atoms with van der Waals surface area (Å²) in [5.41, 5.74) is 1.10. The maximum atomic E-state index is 11.7. The molecule has 0 fully saturated rings. The SMILES string of the molecule is Cc1ccc(OC(=O)CCC(=O)c2cccs2)cc1. The fourth-order valence-electron chi connectivity index (χ4n) is 1.56. The van der Waals surface area contributed by atoms with E-state index < -0.39 is 0 Å². The lowest BCUT2D eigenvalue weighted by Crippen LogP contribution is -2.10. The Bertz CT molecular complexity index is 556. The molecule has 19 heavy (non-hydrogen) atoms. The topological polar surface area (TPSA) is 43.4 Å². The van der Waals surface area contributed by atoms with Crippen LogP contribution in [0.25, 0.3) is 0 Å². The molecule has 4 heteroatoms. The van der Waals surface area contributed by atoms with Crippen molar-refractivity contribution in [3.8, 4) is 5.75 Å². The molecule has 0 N–H and O–H groups in total.